The van der Waals surface area contributed by atoms with Crippen molar-refractivity contribution in [3.05, 3.63) is 29.3 Å². The fourth-order valence-corrected chi connectivity index (χ4v) is 5.78. The van der Waals surface area contributed by atoms with Gasteiger partial charge >= 0.3 is 0 Å². The second-order valence-corrected chi connectivity index (χ2v) is 7.88. The van der Waals surface area contributed by atoms with Crippen molar-refractivity contribution in [2.24, 2.45) is 23.7 Å². The van der Waals surface area contributed by atoms with Crippen LogP contribution in [0.1, 0.15) is 36.8 Å². The Bertz CT molecular complexity index is 551. The summed E-state index contributed by atoms with van der Waals surface area (Å²) in [5.41, 5.74) is 4.49. The molecule has 0 aromatic heterocycles. The van der Waals surface area contributed by atoms with Gasteiger partial charge in [0.05, 0.1) is 0 Å². The molecule has 2 bridgehead atoms. The van der Waals surface area contributed by atoms with Crippen LogP contribution in [0.15, 0.2) is 18.2 Å². The molecule has 4 unspecified atom stereocenters. The summed E-state index contributed by atoms with van der Waals surface area (Å²) in [4.78, 5) is 2.40. The van der Waals surface area contributed by atoms with E-state index in [1.54, 1.807) is 12.0 Å². The van der Waals surface area contributed by atoms with Crippen molar-refractivity contribution in [1.29, 1.82) is 0 Å². The SMILES string of the molecule is CN1CCCc2cc(CNC3C4C5CCC(C5)C34)ccc21. The summed E-state index contributed by atoms with van der Waals surface area (Å²) in [6.07, 6.45) is 7.16. The van der Waals surface area contributed by atoms with Gasteiger partial charge in [0.2, 0.25) is 0 Å². The van der Waals surface area contributed by atoms with Crippen molar-refractivity contribution >= 4 is 5.69 Å². The van der Waals surface area contributed by atoms with Gasteiger partial charge in [0.25, 0.3) is 0 Å². The molecule has 0 amide bonds. The van der Waals surface area contributed by atoms with E-state index in [9.17, 15) is 0 Å². The molecular weight excluding hydrogens is 256 g/mol. The van der Waals surface area contributed by atoms with Gasteiger partial charge in [-0.05, 0) is 73.0 Å². The predicted octanol–water partition coefficient (Wildman–Crippen LogP) is 3.20. The Balaban J connectivity index is 1.26. The van der Waals surface area contributed by atoms with E-state index < -0.39 is 0 Å². The molecule has 3 fully saturated rings. The highest BCUT2D eigenvalue weighted by Crippen LogP contribution is 2.65. The number of fused-ring (bicyclic) bond motifs is 6. The van der Waals surface area contributed by atoms with Gasteiger partial charge in [-0.25, -0.2) is 0 Å². The molecule has 3 aliphatic carbocycles. The summed E-state index contributed by atoms with van der Waals surface area (Å²) in [5.74, 6) is 4.25. The van der Waals surface area contributed by atoms with Gasteiger partial charge in [0.15, 0.2) is 0 Å². The van der Waals surface area contributed by atoms with E-state index in [2.05, 4.69) is 35.5 Å². The molecule has 1 aromatic rings. The average Bonchev–Trinajstić information content (AvgIpc) is 2.88. The van der Waals surface area contributed by atoms with Crippen LogP contribution in [0.25, 0.3) is 0 Å². The van der Waals surface area contributed by atoms with Crippen LogP contribution in [0.4, 0.5) is 5.69 Å². The highest BCUT2D eigenvalue weighted by Gasteiger charge is 2.64. The molecule has 1 N–H and O–H groups in total. The van der Waals surface area contributed by atoms with E-state index in [1.807, 2.05) is 0 Å². The van der Waals surface area contributed by atoms with E-state index in [1.165, 1.54) is 43.5 Å². The van der Waals surface area contributed by atoms with Crippen LogP contribution in [0.3, 0.4) is 0 Å². The van der Waals surface area contributed by atoms with Crippen LogP contribution in [-0.2, 0) is 13.0 Å². The molecule has 1 heterocycles. The Kier molecular flexibility index (Phi) is 2.67. The van der Waals surface area contributed by atoms with Crippen LogP contribution in [0.2, 0.25) is 0 Å². The fraction of sp³-hybridized carbons (Fsp3) is 0.684. The molecule has 2 heteroatoms. The van der Waals surface area contributed by atoms with Gasteiger partial charge < -0.3 is 10.2 Å². The summed E-state index contributed by atoms with van der Waals surface area (Å²) < 4.78 is 0. The quantitative estimate of drug-likeness (QED) is 0.916. The normalized spacial score (nSPS) is 39.3. The van der Waals surface area contributed by atoms with Gasteiger partial charge in [-0.3, -0.25) is 0 Å². The minimum absolute atomic E-state index is 0.856. The molecular formula is C19H26N2. The molecule has 3 saturated carbocycles. The van der Waals surface area contributed by atoms with Gasteiger partial charge in [-0.1, -0.05) is 12.1 Å². The summed E-state index contributed by atoms with van der Waals surface area (Å²) in [6.45, 7) is 2.28. The maximum atomic E-state index is 3.88. The molecule has 1 aliphatic heterocycles. The Labute approximate surface area is 127 Å². The lowest BCUT2D eigenvalue weighted by atomic mass is 9.99. The maximum absolute atomic E-state index is 3.88. The zero-order chi connectivity index (χ0) is 14.0. The van der Waals surface area contributed by atoms with Crippen LogP contribution in [-0.4, -0.2) is 19.6 Å². The predicted molar refractivity (Wildman–Crippen MR) is 86.5 cm³/mol. The second kappa shape index (κ2) is 4.49. The first-order valence-corrected chi connectivity index (χ1v) is 8.87. The third kappa shape index (κ3) is 1.88. The van der Waals surface area contributed by atoms with Crippen LogP contribution < -0.4 is 10.2 Å². The Morgan fingerprint density at radius 3 is 2.81 bits per heavy atom. The second-order valence-electron chi connectivity index (χ2n) is 7.88. The van der Waals surface area contributed by atoms with E-state index in [0.29, 0.717) is 0 Å². The largest absolute Gasteiger partial charge is 0.374 e. The topological polar surface area (TPSA) is 15.3 Å². The van der Waals surface area contributed by atoms with Crippen molar-refractivity contribution in [2.45, 2.75) is 44.7 Å². The van der Waals surface area contributed by atoms with E-state index in [0.717, 1.165) is 36.3 Å². The molecule has 1 aromatic carbocycles. The third-order valence-corrected chi connectivity index (χ3v) is 6.77. The summed E-state index contributed by atoms with van der Waals surface area (Å²) >= 11 is 0. The molecule has 0 spiro atoms. The summed E-state index contributed by atoms with van der Waals surface area (Å²) in [7, 11) is 2.22. The number of anilines is 1. The summed E-state index contributed by atoms with van der Waals surface area (Å²) in [5, 5.41) is 3.88. The van der Waals surface area contributed by atoms with Crippen molar-refractivity contribution in [2.75, 3.05) is 18.5 Å². The minimum atomic E-state index is 0.856. The molecule has 112 valence electrons. The molecule has 5 rings (SSSR count). The standard InChI is InChI=1S/C19H26N2/c1-21-8-2-3-13-9-12(4-7-16(13)21)11-20-19-17-14-5-6-15(10-14)18(17)19/h4,7,9,14-15,17-20H,2-3,5-6,8,10-11H2,1H3. The first kappa shape index (κ1) is 12.5. The first-order chi connectivity index (χ1) is 10.3. The number of nitrogens with one attached hydrogen (secondary N) is 1. The molecule has 0 saturated heterocycles. The third-order valence-electron chi connectivity index (χ3n) is 6.77. The van der Waals surface area contributed by atoms with E-state index in [-0.39, 0.29) is 0 Å². The van der Waals surface area contributed by atoms with Crippen molar-refractivity contribution < 1.29 is 0 Å². The maximum Gasteiger partial charge on any atom is 0.0396 e. The lowest BCUT2D eigenvalue weighted by Crippen LogP contribution is -2.25. The lowest BCUT2D eigenvalue weighted by Gasteiger charge is -2.28. The van der Waals surface area contributed by atoms with Crippen molar-refractivity contribution in [3.8, 4) is 0 Å². The molecule has 4 aliphatic rings. The average molecular weight is 282 g/mol. The lowest BCUT2D eigenvalue weighted by molar-refractivity contribution is 0.456. The number of rotatable bonds is 3. The fourth-order valence-electron chi connectivity index (χ4n) is 5.78. The Morgan fingerprint density at radius 2 is 2.00 bits per heavy atom. The Hall–Kier alpha value is -1.02. The minimum Gasteiger partial charge on any atom is -0.374 e. The highest BCUT2D eigenvalue weighted by molar-refractivity contribution is 5.56. The number of hydrogen-bond donors (Lipinski definition) is 1. The van der Waals surface area contributed by atoms with Gasteiger partial charge in [-0.2, -0.15) is 0 Å². The monoisotopic (exact) mass is 282 g/mol. The number of benzene rings is 1. The van der Waals surface area contributed by atoms with E-state index >= 15 is 0 Å². The van der Waals surface area contributed by atoms with Crippen LogP contribution in [0, 0.1) is 23.7 Å². The number of nitrogens with zero attached hydrogens (tertiary/aromatic N) is 1. The zero-order valence-corrected chi connectivity index (χ0v) is 13.0. The number of hydrogen-bond acceptors (Lipinski definition) is 2. The van der Waals surface area contributed by atoms with E-state index in [4.69, 9.17) is 0 Å². The molecule has 21 heavy (non-hydrogen) atoms. The smallest absolute Gasteiger partial charge is 0.0396 e. The Morgan fingerprint density at radius 1 is 1.19 bits per heavy atom. The zero-order valence-electron chi connectivity index (χ0n) is 13.0. The summed E-state index contributed by atoms with van der Waals surface area (Å²) in [6, 6.07) is 7.98. The van der Waals surface area contributed by atoms with Crippen LogP contribution in [0.5, 0.6) is 0 Å². The van der Waals surface area contributed by atoms with Gasteiger partial charge in [0, 0.05) is 31.9 Å². The molecule has 2 nitrogen and oxygen atoms in total. The highest BCUT2D eigenvalue weighted by atomic mass is 15.1. The number of aryl methyl sites for hydroxylation is 1. The van der Waals surface area contributed by atoms with Crippen molar-refractivity contribution in [3.63, 3.8) is 0 Å². The van der Waals surface area contributed by atoms with Gasteiger partial charge in [0.1, 0.15) is 0 Å². The van der Waals surface area contributed by atoms with Gasteiger partial charge in [-0.15, -0.1) is 0 Å². The first-order valence-electron chi connectivity index (χ1n) is 8.87. The van der Waals surface area contributed by atoms with Crippen LogP contribution >= 0.6 is 0 Å². The molecule has 0 radical (unpaired) electrons. The molecule has 4 atom stereocenters. The van der Waals surface area contributed by atoms with Crippen molar-refractivity contribution in [1.82, 2.24) is 5.32 Å².